The zero-order valence-electron chi connectivity index (χ0n) is 8.62. The molecule has 2 heteroatoms. The van der Waals surface area contributed by atoms with Gasteiger partial charge in [0.15, 0.2) is 0 Å². The van der Waals surface area contributed by atoms with Gasteiger partial charge in [-0.25, -0.2) is 0 Å². The Bertz CT molecular complexity index is 169. The summed E-state index contributed by atoms with van der Waals surface area (Å²) in [7, 11) is 0. The number of carboxylic acid groups (broad SMARTS) is 1. The average molecular weight is 184 g/mol. The second-order valence-corrected chi connectivity index (χ2v) is 4.37. The van der Waals surface area contributed by atoms with Crippen molar-refractivity contribution in [2.24, 2.45) is 17.8 Å². The molecule has 1 fully saturated rings. The van der Waals surface area contributed by atoms with E-state index in [1.54, 1.807) is 0 Å². The molecule has 0 radical (unpaired) electrons. The Balaban J connectivity index is 2.46. The quantitative estimate of drug-likeness (QED) is 0.732. The smallest absolute Gasteiger partial charge is 0.306 e. The Morgan fingerprint density at radius 1 is 1.38 bits per heavy atom. The van der Waals surface area contributed by atoms with E-state index < -0.39 is 5.97 Å². The van der Waals surface area contributed by atoms with Crippen LogP contribution in [0.3, 0.4) is 0 Å². The van der Waals surface area contributed by atoms with Crippen molar-refractivity contribution >= 4 is 5.97 Å². The fourth-order valence-corrected chi connectivity index (χ4v) is 2.40. The molecule has 1 saturated carbocycles. The number of carboxylic acids is 1. The maximum Gasteiger partial charge on any atom is 0.306 e. The number of hydrogen-bond donors (Lipinski definition) is 1. The van der Waals surface area contributed by atoms with Gasteiger partial charge in [0.1, 0.15) is 0 Å². The SMILES string of the molecule is CCC(C(=O)O)C1CCC(C)CC1. The van der Waals surface area contributed by atoms with E-state index in [1.807, 2.05) is 6.92 Å². The van der Waals surface area contributed by atoms with Gasteiger partial charge in [0, 0.05) is 0 Å². The molecule has 0 aromatic carbocycles. The van der Waals surface area contributed by atoms with Crippen LogP contribution in [0.2, 0.25) is 0 Å². The third-order valence-electron chi connectivity index (χ3n) is 3.39. The fraction of sp³-hybridized carbons (Fsp3) is 0.909. The second kappa shape index (κ2) is 4.64. The van der Waals surface area contributed by atoms with Crippen molar-refractivity contribution in [2.45, 2.75) is 46.0 Å². The zero-order valence-corrected chi connectivity index (χ0v) is 8.62. The summed E-state index contributed by atoms with van der Waals surface area (Å²) < 4.78 is 0. The molecule has 1 aliphatic carbocycles. The first kappa shape index (κ1) is 10.6. The first-order valence-electron chi connectivity index (χ1n) is 5.38. The summed E-state index contributed by atoms with van der Waals surface area (Å²) in [6.45, 7) is 4.24. The molecule has 0 aromatic rings. The van der Waals surface area contributed by atoms with Gasteiger partial charge in [-0.1, -0.05) is 26.7 Å². The fourth-order valence-electron chi connectivity index (χ4n) is 2.40. The molecule has 0 heterocycles. The molecule has 1 aliphatic rings. The summed E-state index contributed by atoms with van der Waals surface area (Å²) in [6.07, 6.45) is 5.45. The van der Waals surface area contributed by atoms with Gasteiger partial charge in [-0.15, -0.1) is 0 Å². The molecule has 13 heavy (non-hydrogen) atoms. The van der Waals surface area contributed by atoms with E-state index in [0.717, 1.165) is 25.2 Å². The highest BCUT2D eigenvalue weighted by Gasteiger charge is 2.29. The van der Waals surface area contributed by atoms with E-state index in [2.05, 4.69) is 6.92 Å². The highest BCUT2D eigenvalue weighted by atomic mass is 16.4. The highest BCUT2D eigenvalue weighted by Crippen LogP contribution is 2.34. The maximum atomic E-state index is 10.9. The van der Waals surface area contributed by atoms with Gasteiger partial charge in [-0.05, 0) is 31.1 Å². The van der Waals surface area contributed by atoms with Crippen LogP contribution >= 0.6 is 0 Å². The summed E-state index contributed by atoms with van der Waals surface area (Å²) in [6, 6.07) is 0. The average Bonchev–Trinajstić information content (AvgIpc) is 2.09. The third-order valence-corrected chi connectivity index (χ3v) is 3.39. The molecule has 2 nitrogen and oxygen atoms in total. The number of aliphatic carboxylic acids is 1. The lowest BCUT2D eigenvalue weighted by molar-refractivity contribution is -0.144. The molecule has 0 saturated heterocycles. The maximum absolute atomic E-state index is 10.9. The molecule has 76 valence electrons. The summed E-state index contributed by atoms with van der Waals surface area (Å²) in [5.74, 6) is 0.566. The van der Waals surface area contributed by atoms with E-state index in [9.17, 15) is 4.79 Å². The third kappa shape index (κ3) is 2.71. The van der Waals surface area contributed by atoms with Crippen molar-refractivity contribution in [2.75, 3.05) is 0 Å². The second-order valence-electron chi connectivity index (χ2n) is 4.37. The Kier molecular flexibility index (Phi) is 3.76. The van der Waals surface area contributed by atoms with Gasteiger partial charge in [0.2, 0.25) is 0 Å². The number of carbonyl (C=O) groups is 1. The Morgan fingerprint density at radius 3 is 2.31 bits per heavy atom. The predicted molar refractivity (Wildman–Crippen MR) is 52.5 cm³/mol. The van der Waals surface area contributed by atoms with Gasteiger partial charge in [-0.3, -0.25) is 4.79 Å². The van der Waals surface area contributed by atoms with Crippen LogP contribution in [-0.2, 0) is 4.79 Å². The van der Waals surface area contributed by atoms with Crippen LogP contribution in [0.25, 0.3) is 0 Å². The largest absolute Gasteiger partial charge is 0.481 e. The molecule has 0 amide bonds. The van der Waals surface area contributed by atoms with Crippen LogP contribution in [0, 0.1) is 17.8 Å². The molecule has 1 N–H and O–H groups in total. The molecule has 0 aliphatic heterocycles. The molecule has 0 spiro atoms. The van der Waals surface area contributed by atoms with E-state index in [4.69, 9.17) is 5.11 Å². The van der Waals surface area contributed by atoms with E-state index >= 15 is 0 Å². The van der Waals surface area contributed by atoms with Crippen molar-refractivity contribution < 1.29 is 9.90 Å². The lowest BCUT2D eigenvalue weighted by atomic mass is 9.75. The van der Waals surface area contributed by atoms with Crippen molar-refractivity contribution in [1.82, 2.24) is 0 Å². The standard InChI is InChI=1S/C11H20O2/c1-3-10(11(12)13)9-6-4-8(2)5-7-9/h8-10H,3-7H2,1-2H3,(H,12,13). The highest BCUT2D eigenvalue weighted by molar-refractivity contribution is 5.70. The number of rotatable bonds is 3. The molecular formula is C11H20O2. The van der Waals surface area contributed by atoms with Crippen LogP contribution in [0.15, 0.2) is 0 Å². The molecular weight excluding hydrogens is 164 g/mol. The summed E-state index contributed by atoms with van der Waals surface area (Å²) in [4.78, 5) is 10.9. The van der Waals surface area contributed by atoms with Gasteiger partial charge in [0.05, 0.1) is 5.92 Å². The Hall–Kier alpha value is -0.530. The minimum atomic E-state index is -0.595. The molecule has 0 aromatic heterocycles. The summed E-state index contributed by atoms with van der Waals surface area (Å²) >= 11 is 0. The van der Waals surface area contributed by atoms with Crippen LogP contribution in [0.4, 0.5) is 0 Å². The van der Waals surface area contributed by atoms with Crippen molar-refractivity contribution in [3.63, 3.8) is 0 Å². The van der Waals surface area contributed by atoms with Crippen molar-refractivity contribution in [1.29, 1.82) is 0 Å². The van der Waals surface area contributed by atoms with Gasteiger partial charge >= 0.3 is 5.97 Å². The summed E-state index contributed by atoms with van der Waals surface area (Å²) in [5.41, 5.74) is 0. The first-order valence-corrected chi connectivity index (χ1v) is 5.38. The van der Waals surface area contributed by atoms with Gasteiger partial charge < -0.3 is 5.11 Å². The van der Waals surface area contributed by atoms with Crippen LogP contribution < -0.4 is 0 Å². The van der Waals surface area contributed by atoms with Gasteiger partial charge in [0.25, 0.3) is 0 Å². The summed E-state index contributed by atoms with van der Waals surface area (Å²) in [5, 5.41) is 8.99. The molecule has 0 bridgehead atoms. The monoisotopic (exact) mass is 184 g/mol. The topological polar surface area (TPSA) is 37.3 Å². The van der Waals surface area contributed by atoms with Crippen molar-refractivity contribution in [3.05, 3.63) is 0 Å². The number of hydrogen-bond acceptors (Lipinski definition) is 1. The Morgan fingerprint density at radius 2 is 1.92 bits per heavy atom. The van der Waals surface area contributed by atoms with Crippen LogP contribution in [0.5, 0.6) is 0 Å². The first-order chi connectivity index (χ1) is 6.15. The minimum Gasteiger partial charge on any atom is -0.481 e. The minimum absolute atomic E-state index is 0.0903. The molecule has 1 atom stereocenters. The molecule has 1 unspecified atom stereocenters. The van der Waals surface area contributed by atoms with E-state index in [0.29, 0.717) is 5.92 Å². The van der Waals surface area contributed by atoms with Crippen molar-refractivity contribution in [3.8, 4) is 0 Å². The lowest BCUT2D eigenvalue weighted by Gasteiger charge is -2.29. The van der Waals surface area contributed by atoms with Crippen LogP contribution in [0.1, 0.15) is 46.0 Å². The van der Waals surface area contributed by atoms with Gasteiger partial charge in [-0.2, -0.15) is 0 Å². The van der Waals surface area contributed by atoms with E-state index in [-0.39, 0.29) is 5.92 Å². The molecule has 1 rings (SSSR count). The predicted octanol–water partition coefficient (Wildman–Crippen LogP) is 2.92. The van der Waals surface area contributed by atoms with Crippen LogP contribution in [-0.4, -0.2) is 11.1 Å². The van der Waals surface area contributed by atoms with E-state index in [1.165, 1.54) is 12.8 Å². The Labute approximate surface area is 80.3 Å². The zero-order chi connectivity index (χ0) is 9.84. The lowest BCUT2D eigenvalue weighted by Crippen LogP contribution is -2.26. The normalized spacial score (nSPS) is 31.2.